The highest BCUT2D eigenvalue weighted by Gasteiger charge is 2.44. The van der Waals surface area contributed by atoms with Crippen LogP contribution in [0.15, 0.2) is 18.2 Å². The van der Waals surface area contributed by atoms with Gasteiger partial charge in [-0.2, -0.15) is 0 Å². The van der Waals surface area contributed by atoms with Gasteiger partial charge in [0.05, 0.1) is 29.5 Å². The molecule has 0 radical (unpaired) electrons. The van der Waals surface area contributed by atoms with E-state index in [4.69, 9.17) is 4.74 Å². The number of para-hydroxylation sites is 1. The molecule has 1 saturated carbocycles. The van der Waals surface area contributed by atoms with Gasteiger partial charge >= 0.3 is 5.97 Å². The van der Waals surface area contributed by atoms with Crippen LogP contribution in [-0.4, -0.2) is 32.6 Å². The molecule has 1 heterocycles. The Labute approximate surface area is 124 Å². The lowest BCUT2D eigenvalue weighted by molar-refractivity contribution is -0.124. The van der Waals surface area contributed by atoms with E-state index in [-0.39, 0.29) is 11.3 Å². The molecule has 1 aliphatic heterocycles. The van der Waals surface area contributed by atoms with Crippen LogP contribution in [0.3, 0.4) is 0 Å². The van der Waals surface area contributed by atoms with Gasteiger partial charge in [-0.15, -0.1) is 0 Å². The number of rotatable bonds is 1. The summed E-state index contributed by atoms with van der Waals surface area (Å²) in [6, 6.07) is 5.43. The van der Waals surface area contributed by atoms with E-state index in [2.05, 4.69) is 10.2 Å². The monoisotopic (exact) mass is 288 g/mol. The van der Waals surface area contributed by atoms with Gasteiger partial charge in [0.25, 0.3) is 0 Å². The number of methoxy groups -OCH3 is 1. The number of nitrogens with one attached hydrogen (secondary N) is 1. The highest BCUT2D eigenvalue weighted by atomic mass is 16.5. The van der Waals surface area contributed by atoms with Crippen LogP contribution in [-0.2, 0) is 9.53 Å². The van der Waals surface area contributed by atoms with E-state index in [1.54, 1.807) is 6.07 Å². The lowest BCUT2D eigenvalue weighted by Crippen LogP contribution is -2.40. The first-order valence-corrected chi connectivity index (χ1v) is 7.31. The van der Waals surface area contributed by atoms with Crippen LogP contribution < -0.4 is 10.2 Å². The maximum atomic E-state index is 12.7. The summed E-state index contributed by atoms with van der Waals surface area (Å²) in [4.78, 5) is 26.7. The topological polar surface area (TPSA) is 58.6 Å². The number of fused-ring (bicyclic) bond motifs is 1. The first-order valence-electron chi connectivity index (χ1n) is 7.31. The highest BCUT2D eigenvalue weighted by Crippen LogP contribution is 2.44. The van der Waals surface area contributed by atoms with E-state index >= 15 is 0 Å². The molecule has 0 unspecified atom stereocenters. The first kappa shape index (κ1) is 13.9. The Kier molecular flexibility index (Phi) is 3.35. The number of hydrogen-bond acceptors (Lipinski definition) is 4. The Bertz CT molecular complexity index is 591. The molecule has 1 spiro atoms. The molecule has 0 aromatic heterocycles. The van der Waals surface area contributed by atoms with Crippen LogP contribution >= 0.6 is 0 Å². The molecule has 1 aromatic rings. The minimum absolute atomic E-state index is 0.0296. The number of nitrogens with zero attached hydrogens (tertiary/aromatic N) is 1. The molecule has 5 heteroatoms. The molecule has 3 rings (SSSR count). The summed E-state index contributed by atoms with van der Waals surface area (Å²) in [5, 5.41) is 2.99. The Morgan fingerprint density at radius 2 is 2.05 bits per heavy atom. The number of carbonyl (C=O) groups excluding carboxylic acids is 2. The maximum Gasteiger partial charge on any atom is 0.340 e. The highest BCUT2D eigenvalue weighted by molar-refractivity contribution is 6.07. The molecule has 5 nitrogen and oxygen atoms in total. The molecule has 21 heavy (non-hydrogen) atoms. The number of ether oxygens (including phenoxy) is 1. The van der Waals surface area contributed by atoms with Crippen molar-refractivity contribution in [1.29, 1.82) is 0 Å². The lowest BCUT2D eigenvalue weighted by Gasteiger charge is -2.29. The van der Waals surface area contributed by atoms with E-state index in [1.165, 1.54) is 7.11 Å². The SMILES string of the molecule is COC(=O)c1cccc2c1NC(=O)C1(CCCC1)CN2C. The molecule has 1 aliphatic carbocycles. The van der Waals surface area contributed by atoms with Crippen molar-refractivity contribution in [2.75, 3.05) is 30.9 Å². The van der Waals surface area contributed by atoms with Gasteiger partial charge in [-0.25, -0.2) is 4.79 Å². The number of carbonyl (C=O) groups is 2. The zero-order valence-corrected chi connectivity index (χ0v) is 12.4. The molecule has 0 saturated heterocycles. The van der Waals surface area contributed by atoms with Gasteiger partial charge in [0.15, 0.2) is 0 Å². The van der Waals surface area contributed by atoms with E-state index in [0.29, 0.717) is 17.8 Å². The van der Waals surface area contributed by atoms with Crippen molar-refractivity contribution in [2.24, 2.45) is 5.41 Å². The zero-order chi connectivity index (χ0) is 15.0. The van der Waals surface area contributed by atoms with Gasteiger partial charge in [0.2, 0.25) is 5.91 Å². The van der Waals surface area contributed by atoms with Gasteiger partial charge in [0.1, 0.15) is 0 Å². The van der Waals surface area contributed by atoms with Crippen molar-refractivity contribution in [2.45, 2.75) is 25.7 Å². The third kappa shape index (κ3) is 2.17. The van der Waals surface area contributed by atoms with Gasteiger partial charge in [-0.05, 0) is 25.0 Å². The van der Waals surface area contributed by atoms with E-state index < -0.39 is 5.97 Å². The van der Waals surface area contributed by atoms with Crippen LogP contribution in [0.2, 0.25) is 0 Å². The number of amides is 1. The van der Waals surface area contributed by atoms with Crippen molar-refractivity contribution in [3.8, 4) is 0 Å². The summed E-state index contributed by atoms with van der Waals surface area (Å²) >= 11 is 0. The molecule has 2 aliphatic rings. The van der Waals surface area contributed by atoms with Crippen molar-refractivity contribution in [1.82, 2.24) is 0 Å². The fourth-order valence-corrected chi connectivity index (χ4v) is 3.56. The third-order valence-corrected chi connectivity index (χ3v) is 4.68. The lowest BCUT2D eigenvalue weighted by atomic mass is 9.85. The summed E-state index contributed by atoms with van der Waals surface area (Å²) in [5.74, 6) is -0.398. The standard InChI is InChI=1S/C16H20N2O3/c1-18-10-16(8-3-4-9-16)15(20)17-13-11(14(19)21-2)6-5-7-12(13)18/h5-7H,3-4,8-10H2,1-2H3,(H,17,20). The molecular weight excluding hydrogens is 268 g/mol. The van der Waals surface area contributed by atoms with E-state index in [0.717, 1.165) is 31.4 Å². The third-order valence-electron chi connectivity index (χ3n) is 4.68. The van der Waals surface area contributed by atoms with E-state index in [1.807, 2.05) is 19.2 Å². The van der Waals surface area contributed by atoms with Crippen molar-refractivity contribution < 1.29 is 14.3 Å². The normalized spacial score (nSPS) is 19.9. The second-order valence-electron chi connectivity index (χ2n) is 5.99. The van der Waals surface area contributed by atoms with Gasteiger partial charge in [0, 0.05) is 13.6 Å². The number of esters is 1. The van der Waals surface area contributed by atoms with Gasteiger partial charge in [-0.3, -0.25) is 4.79 Å². The molecule has 1 aromatic carbocycles. The minimum atomic E-state index is -0.428. The Morgan fingerprint density at radius 3 is 2.71 bits per heavy atom. The van der Waals surface area contributed by atoms with Crippen molar-refractivity contribution in [3.05, 3.63) is 23.8 Å². The molecule has 0 atom stereocenters. The summed E-state index contributed by atoms with van der Waals surface area (Å²) in [6.07, 6.45) is 3.98. The summed E-state index contributed by atoms with van der Waals surface area (Å²) in [6.45, 7) is 0.691. The molecule has 0 bridgehead atoms. The predicted octanol–water partition coefficient (Wildman–Crippen LogP) is 2.42. The van der Waals surface area contributed by atoms with Crippen LogP contribution in [0.5, 0.6) is 0 Å². The minimum Gasteiger partial charge on any atom is -0.465 e. The quantitative estimate of drug-likeness (QED) is 0.806. The average Bonchev–Trinajstić information content (AvgIpc) is 2.92. The van der Waals surface area contributed by atoms with Crippen LogP contribution in [0, 0.1) is 5.41 Å². The number of hydrogen-bond donors (Lipinski definition) is 1. The number of benzene rings is 1. The summed E-state index contributed by atoms with van der Waals surface area (Å²) in [7, 11) is 3.32. The fraction of sp³-hybridized carbons (Fsp3) is 0.500. The van der Waals surface area contributed by atoms with Crippen LogP contribution in [0.1, 0.15) is 36.0 Å². The van der Waals surface area contributed by atoms with Crippen molar-refractivity contribution >= 4 is 23.3 Å². The molecular formula is C16H20N2O3. The zero-order valence-electron chi connectivity index (χ0n) is 12.4. The summed E-state index contributed by atoms with van der Waals surface area (Å²) < 4.78 is 4.82. The smallest absolute Gasteiger partial charge is 0.340 e. The first-order chi connectivity index (χ1) is 10.1. The summed E-state index contributed by atoms with van der Waals surface area (Å²) in [5.41, 5.74) is 1.52. The maximum absolute atomic E-state index is 12.7. The predicted molar refractivity (Wildman–Crippen MR) is 80.6 cm³/mol. The number of anilines is 2. The average molecular weight is 288 g/mol. The van der Waals surface area contributed by atoms with Gasteiger partial charge < -0.3 is 15.0 Å². The van der Waals surface area contributed by atoms with Crippen LogP contribution in [0.25, 0.3) is 0 Å². The van der Waals surface area contributed by atoms with Gasteiger partial charge in [-0.1, -0.05) is 18.9 Å². The Balaban J connectivity index is 2.07. The second kappa shape index (κ2) is 5.06. The largest absolute Gasteiger partial charge is 0.465 e. The van der Waals surface area contributed by atoms with Crippen LogP contribution in [0.4, 0.5) is 11.4 Å². The molecule has 112 valence electrons. The van der Waals surface area contributed by atoms with Crippen molar-refractivity contribution in [3.63, 3.8) is 0 Å². The Morgan fingerprint density at radius 1 is 1.33 bits per heavy atom. The molecule has 1 amide bonds. The van der Waals surface area contributed by atoms with E-state index in [9.17, 15) is 9.59 Å². The fourth-order valence-electron chi connectivity index (χ4n) is 3.56. The molecule has 1 fully saturated rings. The Hall–Kier alpha value is -2.04. The second-order valence-corrected chi connectivity index (χ2v) is 5.99. The molecule has 1 N–H and O–H groups in total.